The van der Waals surface area contributed by atoms with Gasteiger partial charge in [-0.15, -0.1) is 0 Å². The molecule has 0 amide bonds. The van der Waals surface area contributed by atoms with Crippen LogP contribution in [-0.2, 0) is 0 Å². The number of pyridine rings is 1. The van der Waals surface area contributed by atoms with Gasteiger partial charge in [-0.05, 0) is 33.4 Å². The van der Waals surface area contributed by atoms with Crippen molar-refractivity contribution in [3.63, 3.8) is 0 Å². The minimum absolute atomic E-state index is 0.877. The lowest BCUT2D eigenvalue weighted by atomic mass is 10.2. The monoisotopic (exact) mass is 322 g/mol. The van der Waals surface area contributed by atoms with Gasteiger partial charge in [-0.3, -0.25) is 4.40 Å². The van der Waals surface area contributed by atoms with Crippen molar-refractivity contribution >= 4 is 32.3 Å². The van der Waals surface area contributed by atoms with Crippen LogP contribution in [0.25, 0.3) is 27.8 Å². The molecule has 0 saturated heterocycles. The van der Waals surface area contributed by atoms with Crippen molar-refractivity contribution in [2.24, 2.45) is 0 Å². The molecule has 0 unspecified atom stereocenters. The second-order valence-electron chi connectivity index (χ2n) is 4.71. The van der Waals surface area contributed by atoms with Gasteiger partial charge >= 0.3 is 0 Å². The lowest BCUT2D eigenvalue weighted by molar-refractivity contribution is 1.21. The number of fused-ring (bicyclic) bond motifs is 3. The SMILES string of the molecule is Brc1nc(-c2ccccc2)n2c1ccc1ccccc12. The van der Waals surface area contributed by atoms with Crippen LogP contribution in [0.1, 0.15) is 0 Å². The second kappa shape index (κ2) is 4.46. The van der Waals surface area contributed by atoms with Gasteiger partial charge in [-0.1, -0.05) is 54.6 Å². The van der Waals surface area contributed by atoms with Crippen LogP contribution in [0.4, 0.5) is 0 Å². The third-order valence-corrected chi connectivity index (χ3v) is 4.08. The molecule has 0 atom stereocenters. The molecule has 0 radical (unpaired) electrons. The summed E-state index contributed by atoms with van der Waals surface area (Å²) in [6.07, 6.45) is 0. The van der Waals surface area contributed by atoms with Gasteiger partial charge in [0.1, 0.15) is 10.4 Å². The molecule has 2 aromatic heterocycles. The number of hydrogen-bond donors (Lipinski definition) is 0. The third kappa shape index (κ3) is 1.67. The Hall–Kier alpha value is -2.13. The Balaban J connectivity index is 2.19. The van der Waals surface area contributed by atoms with Gasteiger partial charge in [-0.2, -0.15) is 0 Å². The van der Waals surface area contributed by atoms with Crippen LogP contribution in [0, 0.1) is 0 Å². The fourth-order valence-corrected chi connectivity index (χ4v) is 3.05. The van der Waals surface area contributed by atoms with Crippen molar-refractivity contribution in [1.29, 1.82) is 0 Å². The summed E-state index contributed by atoms with van der Waals surface area (Å²) in [5.74, 6) is 0.962. The Morgan fingerprint density at radius 2 is 1.50 bits per heavy atom. The number of nitrogens with zero attached hydrogens (tertiary/aromatic N) is 2. The quantitative estimate of drug-likeness (QED) is 0.486. The Kier molecular flexibility index (Phi) is 2.60. The number of aromatic nitrogens is 2. The first-order chi connectivity index (χ1) is 9.84. The highest BCUT2D eigenvalue weighted by molar-refractivity contribution is 9.10. The van der Waals surface area contributed by atoms with Crippen molar-refractivity contribution in [2.75, 3.05) is 0 Å². The summed E-state index contributed by atoms with van der Waals surface area (Å²) in [7, 11) is 0. The summed E-state index contributed by atoms with van der Waals surface area (Å²) in [6, 6.07) is 22.9. The van der Waals surface area contributed by atoms with Gasteiger partial charge < -0.3 is 0 Å². The average molecular weight is 323 g/mol. The number of hydrogen-bond acceptors (Lipinski definition) is 1. The van der Waals surface area contributed by atoms with E-state index in [-0.39, 0.29) is 0 Å². The van der Waals surface area contributed by atoms with E-state index in [0.717, 1.165) is 21.5 Å². The molecular formula is C17H11BrN2. The van der Waals surface area contributed by atoms with Gasteiger partial charge in [0.05, 0.1) is 11.0 Å². The first kappa shape index (κ1) is 11.7. The molecule has 0 fully saturated rings. The summed E-state index contributed by atoms with van der Waals surface area (Å²) >= 11 is 3.57. The molecule has 4 aromatic rings. The molecule has 0 aliphatic carbocycles. The highest BCUT2D eigenvalue weighted by atomic mass is 79.9. The standard InChI is InChI=1S/C17H11BrN2/c18-16-15-11-10-12-6-4-5-9-14(12)20(15)17(19-16)13-7-2-1-3-8-13/h1-11H. The predicted octanol–water partition coefficient (Wildman–Crippen LogP) is 4.92. The molecular weight excluding hydrogens is 312 g/mol. The van der Waals surface area contributed by atoms with Crippen LogP contribution in [0.3, 0.4) is 0 Å². The van der Waals surface area contributed by atoms with Gasteiger partial charge in [0, 0.05) is 5.56 Å². The van der Waals surface area contributed by atoms with Crippen LogP contribution in [0.2, 0.25) is 0 Å². The molecule has 0 spiro atoms. The van der Waals surface area contributed by atoms with Crippen molar-refractivity contribution in [2.45, 2.75) is 0 Å². The Bertz CT molecular complexity index is 910. The van der Waals surface area contributed by atoms with Crippen molar-refractivity contribution in [3.05, 3.63) is 71.3 Å². The number of benzene rings is 2. The van der Waals surface area contributed by atoms with Gasteiger partial charge in [0.15, 0.2) is 0 Å². The maximum absolute atomic E-state index is 4.69. The normalized spacial score (nSPS) is 11.2. The lowest BCUT2D eigenvalue weighted by Gasteiger charge is -2.06. The van der Waals surface area contributed by atoms with Gasteiger partial charge in [0.25, 0.3) is 0 Å². The van der Waals surface area contributed by atoms with Crippen molar-refractivity contribution < 1.29 is 0 Å². The summed E-state index contributed by atoms with van der Waals surface area (Å²) in [4.78, 5) is 4.69. The van der Waals surface area contributed by atoms with E-state index in [1.807, 2.05) is 18.2 Å². The smallest absolute Gasteiger partial charge is 0.146 e. The molecule has 2 heterocycles. The Labute approximate surface area is 124 Å². The molecule has 96 valence electrons. The zero-order chi connectivity index (χ0) is 13.5. The van der Waals surface area contributed by atoms with E-state index in [4.69, 9.17) is 0 Å². The maximum atomic E-state index is 4.69. The fraction of sp³-hybridized carbons (Fsp3) is 0. The number of rotatable bonds is 1. The van der Waals surface area contributed by atoms with Crippen LogP contribution in [0.15, 0.2) is 71.3 Å². The molecule has 0 saturated carbocycles. The minimum Gasteiger partial charge on any atom is -0.291 e. The molecule has 3 heteroatoms. The van der Waals surface area contributed by atoms with E-state index in [1.165, 1.54) is 10.9 Å². The highest BCUT2D eigenvalue weighted by Crippen LogP contribution is 2.29. The van der Waals surface area contributed by atoms with Crippen molar-refractivity contribution in [1.82, 2.24) is 9.38 Å². The second-order valence-corrected chi connectivity index (χ2v) is 5.46. The highest BCUT2D eigenvalue weighted by Gasteiger charge is 2.12. The molecule has 0 aliphatic heterocycles. The number of imidazole rings is 1. The topological polar surface area (TPSA) is 17.3 Å². The summed E-state index contributed by atoms with van der Waals surface area (Å²) in [5, 5.41) is 1.21. The summed E-state index contributed by atoms with van der Waals surface area (Å²) < 4.78 is 3.08. The van der Waals surface area contributed by atoms with E-state index in [0.29, 0.717) is 0 Å². The lowest BCUT2D eigenvalue weighted by Crippen LogP contribution is -1.91. The van der Waals surface area contributed by atoms with Crippen molar-refractivity contribution in [3.8, 4) is 11.4 Å². The first-order valence-corrected chi connectivity index (χ1v) is 7.25. The van der Waals surface area contributed by atoms with Crippen LogP contribution >= 0.6 is 15.9 Å². The van der Waals surface area contributed by atoms with E-state index >= 15 is 0 Å². The zero-order valence-electron chi connectivity index (χ0n) is 10.6. The first-order valence-electron chi connectivity index (χ1n) is 6.46. The van der Waals surface area contributed by atoms with E-state index in [2.05, 4.69) is 73.8 Å². The Morgan fingerprint density at radius 1 is 0.750 bits per heavy atom. The molecule has 2 nitrogen and oxygen atoms in total. The number of para-hydroxylation sites is 1. The minimum atomic E-state index is 0.877. The van der Waals surface area contributed by atoms with Gasteiger partial charge in [0.2, 0.25) is 0 Å². The molecule has 2 aromatic carbocycles. The average Bonchev–Trinajstić information content (AvgIpc) is 2.86. The Morgan fingerprint density at radius 3 is 2.35 bits per heavy atom. The summed E-state index contributed by atoms with van der Waals surface area (Å²) in [5.41, 5.74) is 3.37. The number of halogens is 1. The van der Waals surface area contributed by atoms with Crippen LogP contribution in [-0.4, -0.2) is 9.38 Å². The maximum Gasteiger partial charge on any atom is 0.146 e. The zero-order valence-corrected chi connectivity index (χ0v) is 12.2. The molecule has 4 rings (SSSR count). The molecule has 20 heavy (non-hydrogen) atoms. The molecule has 0 bridgehead atoms. The predicted molar refractivity (Wildman–Crippen MR) is 85.8 cm³/mol. The van der Waals surface area contributed by atoms with E-state index < -0.39 is 0 Å². The third-order valence-electron chi connectivity index (χ3n) is 3.50. The van der Waals surface area contributed by atoms with Crippen LogP contribution < -0.4 is 0 Å². The van der Waals surface area contributed by atoms with E-state index in [9.17, 15) is 0 Å². The van der Waals surface area contributed by atoms with Crippen LogP contribution in [0.5, 0.6) is 0 Å². The van der Waals surface area contributed by atoms with E-state index in [1.54, 1.807) is 0 Å². The summed E-state index contributed by atoms with van der Waals surface area (Å²) in [6.45, 7) is 0. The fourth-order valence-electron chi connectivity index (χ4n) is 2.58. The van der Waals surface area contributed by atoms with Gasteiger partial charge in [-0.25, -0.2) is 4.98 Å². The molecule has 0 aliphatic rings. The largest absolute Gasteiger partial charge is 0.291 e. The molecule has 0 N–H and O–H groups in total.